The molecule has 1 fully saturated rings. The van der Waals surface area contributed by atoms with Gasteiger partial charge in [0.15, 0.2) is 0 Å². The van der Waals surface area contributed by atoms with Gasteiger partial charge in [0.2, 0.25) is 5.78 Å². The fraction of sp³-hybridized carbons (Fsp3) is 0.543. The SMILES string of the molecule is COC(=O)c1ccc2c(=O)n3c4ccc(C(=O)N(CCC(C)C)CCC(C)C)cc4n(CCCN4CCCCC4)c3nc2c1. The number of aryl methyl sites for hydroxylation is 1. The van der Waals surface area contributed by atoms with E-state index in [1.165, 1.54) is 26.4 Å². The highest BCUT2D eigenvalue weighted by Crippen LogP contribution is 2.25. The smallest absolute Gasteiger partial charge is 0.337 e. The third kappa shape index (κ3) is 6.83. The Kier molecular flexibility index (Phi) is 10.0. The lowest BCUT2D eigenvalue weighted by Crippen LogP contribution is -2.34. The molecule has 3 heterocycles. The van der Waals surface area contributed by atoms with Crippen molar-refractivity contribution < 1.29 is 14.3 Å². The van der Waals surface area contributed by atoms with E-state index in [0.717, 1.165) is 63.0 Å². The van der Waals surface area contributed by atoms with Crippen molar-refractivity contribution in [2.24, 2.45) is 11.8 Å². The van der Waals surface area contributed by atoms with Crippen LogP contribution in [-0.2, 0) is 11.3 Å². The van der Waals surface area contributed by atoms with Gasteiger partial charge in [-0.1, -0.05) is 34.1 Å². The van der Waals surface area contributed by atoms with Crippen LogP contribution in [0.15, 0.2) is 41.2 Å². The maximum absolute atomic E-state index is 13.9. The molecule has 1 saturated heterocycles. The molecular weight excluding hydrogens is 554 g/mol. The van der Waals surface area contributed by atoms with E-state index in [2.05, 4.69) is 37.2 Å². The van der Waals surface area contributed by atoms with Gasteiger partial charge in [-0.3, -0.25) is 9.59 Å². The molecular formula is C35H47N5O4. The molecule has 0 N–H and O–H groups in total. The quantitative estimate of drug-likeness (QED) is 0.185. The first kappa shape index (κ1) is 31.7. The van der Waals surface area contributed by atoms with E-state index in [4.69, 9.17) is 9.72 Å². The normalized spacial score (nSPS) is 14.3. The summed E-state index contributed by atoms with van der Waals surface area (Å²) in [5.41, 5.74) is 2.76. The van der Waals surface area contributed by atoms with E-state index in [1.54, 1.807) is 22.6 Å². The number of hydrogen-bond donors (Lipinski definition) is 0. The second-order valence-corrected chi connectivity index (χ2v) is 13.0. The predicted octanol–water partition coefficient (Wildman–Crippen LogP) is 6.00. The van der Waals surface area contributed by atoms with Crippen LogP contribution >= 0.6 is 0 Å². The highest BCUT2D eigenvalue weighted by atomic mass is 16.5. The summed E-state index contributed by atoms with van der Waals surface area (Å²) in [6.45, 7) is 14.0. The molecule has 0 saturated carbocycles. The number of piperidine rings is 1. The Hall–Kier alpha value is -3.72. The first-order chi connectivity index (χ1) is 21.2. The van der Waals surface area contributed by atoms with Gasteiger partial charge in [-0.05, 0) is 100.0 Å². The van der Waals surface area contributed by atoms with Gasteiger partial charge in [-0.15, -0.1) is 0 Å². The van der Waals surface area contributed by atoms with Crippen molar-refractivity contribution in [3.05, 3.63) is 57.9 Å². The lowest BCUT2D eigenvalue weighted by Gasteiger charge is -2.26. The summed E-state index contributed by atoms with van der Waals surface area (Å²) < 4.78 is 8.64. The number of aromatic nitrogens is 3. The summed E-state index contributed by atoms with van der Waals surface area (Å²) in [7, 11) is 1.34. The van der Waals surface area contributed by atoms with Crippen LogP contribution in [0.1, 0.15) is 86.9 Å². The minimum Gasteiger partial charge on any atom is -0.465 e. The molecule has 5 rings (SSSR count). The maximum atomic E-state index is 13.9. The molecule has 236 valence electrons. The van der Waals surface area contributed by atoms with E-state index in [0.29, 0.717) is 46.2 Å². The summed E-state index contributed by atoms with van der Waals surface area (Å²) in [6.07, 6.45) is 6.54. The second kappa shape index (κ2) is 13.9. The van der Waals surface area contributed by atoms with E-state index in [1.807, 2.05) is 23.1 Å². The van der Waals surface area contributed by atoms with Crippen LogP contribution in [0.2, 0.25) is 0 Å². The molecule has 0 bridgehead atoms. The van der Waals surface area contributed by atoms with Gasteiger partial charge in [-0.25, -0.2) is 14.2 Å². The number of carbonyl (C=O) groups excluding carboxylic acids is 2. The number of fused-ring (bicyclic) bond motifs is 4. The highest BCUT2D eigenvalue weighted by Gasteiger charge is 2.22. The first-order valence-electron chi connectivity index (χ1n) is 16.3. The van der Waals surface area contributed by atoms with Crippen LogP contribution in [0.25, 0.3) is 27.7 Å². The minimum atomic E-state index is -0.474. The molecule has 44 heavy (non-hydrogen) atoms. The molecule has 2 aromatic carbocycles. The highest BCUT2D eigenvalue weighted by molar-refractivity contribution is 5.99. The average molecular weight is 602 g/mol. The van der Waals surface area contributed by atoms with Crippen LogP contribution in [-0.4, -0.2) is 75.5 Å². The summed E-state index contributed by atoms with van der Waals surface area (Å²) in [5, 5.41) is 0.427. The standard InChI is InChI=1S/C35H47N5O4/c1-24(2)14-20-38(21-15-25(3)4)32(41)26-11-13-30-31(23-26)39(19-9-18-37-16-7-6-8-17-37)35-36-29-22-27(34(43)44-5)10-12-28(29)33(42)40(30)35/h10-13,22-25H,6-9,14-21H2,1-5H3. The van der Waals surface area contributed by atoms with Crippen molar-refractivity contribution in [2.45, 2.75) is 72.8 Å². The zero-order valence-corrected chi connectivity index (χ0v) is 27.0. The number of carbonyl (C=O) groups is 2. The topological polar surface area (TPSA) is 89.1 Å². The zero-order chi connectivity index (χ0) is 31.4. The number of amides is 1. The number of methoxy groups -OCH3 is 1. The van der Waals surface area contributed by atoms with Gasteiger partial charge < -0.3 is 19.1 Å². The number of imidazole rings is 1. The average Bonchev–Trinajstić information content (AvgIpc) is 3.33. The Balaban J connectivity index is 1.60. The van der Waals surface area contributed by atoms with Crippen molar-refractivity contribution in [3.63, 3.8) is 0 Å². The number of benzene rings is 2. The van der Waals surface area contributed by atoms with Gasteiger partial charge in [-0.2, -0.15) is 0 Å². The van der Waals surface area contributed by atoms with Crippen molar-refractivity contribution in [2.75, 3.05) is 39.8 Å². The first-order valence-corrected chi connectivity index (χ1v) is 16.3. The second-order valence-electron chi connectivity index (χ2n) is 13.0. The fourth-order valence-corrected chi connectivity index (χ4v) is 6.17. The molecule has 9 nitrogen and oxygen atoms in total. The van der Waals surface area contributed by atoms with Crippen molar-refractivity contribution in [1.29, 1.82) is 0 Å². The predicted molar refractivity (Wildman–Crippen MR) is 176 cm³/mol. The molecule has 4 aromatic rings. The van der Waals surface area contributed by atoms with Crippen LogP contribution in [0.4, 0.5) is 0 Å². The molecule has 0 atom stereocenters. The van der Waals surface area contributed by atoms with Gasteiger partial charge in [0.1, 0.15) is 0 Å². The third-order valence-electron chi connectivity index (χ3n) is 8.81. The van der Waals surface area contributed by atoms with Crippen LogP contribution in [0.5, 0.6) is 0 Å². The van der Waals surface area contributed by atoms with E-state index in [9.17, 15) is 14.4 Å². The van der Waals surface area contributed by atoms with Gasteiger partial charge in [0.05, 0.1) is 34.6 Å². The number of rotatable bonds is 12. The zero-order valence-electron chi connectivity index (χ0n) is 27.0. The molecule has 1 aliphatic heterocycles. The maximum Gasteiger partial charge on any atom is 0.337 e. The van der Waals surface area contributed by atoms with Gasteiger partial charge in [0.25, 0.3) is 11.5 Å². The Morgan fingerprint density at radius 1 is 0.886 bits per heavy atom. The van der Waals surface area contributed by atoms with E-state index >= 15 is 0 Å². The van der Waals surface area contributed by atoms with Gasteiger partial charge >= 0.3 is 5.97 Å². The largest absolute Gasteiger partial charge is 0.465 e. The number of ether oxygens (including phenoxy) is 1. The number of nitrogens with zero attached hydrogens (tertiary/aromatic N) is 5. The molecule has 1 aliphatic rings. The molecule has 0 radical (unpaired) electrons. The molecule has 9 heteroatoms. The van der Waals surface area contributed by atoms with Crippen molar-refractivity contribution in [1.82, 2.24) is 23.8 Å². The lowest BCUT2D eigenvalue weighted by atomic mass is 10.1. The molecule has 2 aromatic heterocycles. The summed E-state index contributed by atoms with van der Waals surface area (Å²) in [4.78, 5) is 49.5. The van der Waals surface area contributed by atoms with Crippen LogP contribution in [0.3, 0.4) is 0 Å². The molecule has 1 amide bonds. The third-order valence-corrected chi connectivity index (χ3v) is 8.81. The van der Waals surface area contributed by atoms with E-state index in [-0.39, 0.29) is 11.5 Å². The molecule has 0 spiro atoms. The minimum absolute atomic E-state index is 0.0199. The van der Waals surface area contributed by atoms with Crippen molar-refractivity contribution in [3.8, 4) is 0 Å². The molecule has 0 unspecified atom stereocenters. The summed E-state index contributed by atoms with van der Waals surface area (Å²) in [6, 6.07) is 10.5. The fourth-order valence-electron chi connectivity index (χ4n) is 6.17. The Morgan fingerprint density at radius 3 is 2.23 bits per heavy atom. The van der Waals surface area contributed by atoms with Crippen LogP contribution < -0.4 is 5.56 Å². The Labute approximate surface area is 259 Å². The van der Waals surface area contributed by atoms with E-state index < -0.39 is 5.97 Å². The monoisotopic (exact) mass is 601 g/mol. The molecule has 0 aliphatic carbocycles. The summed E-state index contributed by atoms with van der Waals surface area (Å²) >= 11 is 0. The van der Waals surface area contributed by atoms with Gasteiger partial charge in [0, 0.05) is 25.2 Å². The Bertz CT molecular complexity index is 1680. The van der Waals surface area contributed by atoms with Crippen molar-refractivity contribution >= 4 is 39.6 Å². The number of hydrogen-bond acceptors (Lipinski definition) is 6. The lowest BCUT2D eigenvalue weighted by molar-refractivity contribution is 0.0600. The number of likely N-dealkylation sites (tertiary alicyclic amines) is 1. The summed E-state index contributed by atoms with van der Waals surface area (Å²) in [5.74, 6) is 1.06. The Morgan fingerprint density at radius 2 is 1.57 bits per heavy atom. The van der Waals surface area contributed by atoms with Crippen LogP contribution in [0, 0.1) is 11.8 Å². The number of esters is 1.